The molecule has 208 valence electrons. The maximum Gasteiger partial charge on any atom is 0.410 e. The molecular weight excluding hydrogens is 540 g/mol. The summed E-state index contributed by atoms with van der Waals surface area (Å²) in [6.07, 6.45) is 2.36. The molecule has 0 unspecified atom stereocenters. The van der Waals surface area contributed by atoms with E-state index in [0.717, 1.165) is 43.3 Å². The first-order valence-corrected chi connectivity index (χ1v) is 12.6. The normalized spacial score (nSPS) is 13.3. The average molecular weight is 567 g/mol. The Bertz CT molecular complexity index is 1430. The monoisotopic (exact) mass is 566 g/mol. The van der Waals surface area contributed by atoms with Crippen LogP contribution in [0.3, 0.4) is 0 Å². The summed E-state index contributed by atoms with van der Waals surface area (Å²) in [6.45, 7) is 5.01. The Kier molecular flexibility index (Phi) is 8.25. The van der Waals surface area contributed by atoms with Gasteiger partial charge in [-0.2, -0.15) is 0 Å². The van der Waals surface area contributed by atoms with Gasteiger partial charge < -0.3 is 19.4 Å². The Morgan fingerprint density at radius 2 is 1.74 bits per heavy atom. The highest BCUT2D eigenvalue weighted by atomic mass is 35.5. The van der Waals surface area contributed by atoms with E-state index in [9.17, 15) is 18.4 Å². The van der Waals surface area contributed by atoms with Crippen molar-refractivity contribution in [1.29, 1.82) is 0 Å². The van der Waals surface area contributed by atoms with Gasteiger partial charge in [-0.1, -0.05) is 11.6 Å². The minimum atomic E-state index is -0.999. The number of carbonyl (C=O) groups excluding carboxylic acids is 1. The van der Waals surface area contributed by atoms with Gasteiger partial charge in [0.2, 0.25) is 0 Å². The number of nitrogens with one attached hydrogen (secondary N) is 1. The summed E-state index contributed by atoms with van der Waals surface area (Å²) in [5, 5.41) is -0.501. The third-order valence-corrected chi connectivity index (χ3v) is 6.29. The zero-order valence-corrected chi connectivity index (χ0v) is 22.3. The van der Waals surface area contributed by atoms with Crippen molar-refractivity contribution in [3.63, 3.8) is 0 Å². The van der Waals surface area contributed by atoms with Gasteiger partial charge in [-0.3, -0.25) is 4.79 Å². The first-order chi connectivity index (χ1) is 18.3. The second-order valence-electron chi connectivity index (χ2n) is 10.4. The molecule has 3 aromatic rings. The Morgan fingerprint density at radius 1 is 1.08 bits per heavy atom. The highest BCUT2D eigenvalue weighted by Gasteiger charge is 2.30. The van der Waals surface area contributed by atoms with Crippen molar-refractivity contribution in [3.05, 3.63) is 86.3 Å². The summed E-state index contributed by atoms with van der Waals surface area (Å²) in [6, 6.07) is 4.96. The Labute approximate surface area is 227 Å². The maximum atomic E-state index is 15.4. The topological polar surface area (TPSA) is 71.6 Å². The molecule has 1 aliphatic carbocycles. The summed E-state index contributed by atoms with van der Waals surface area (Å²) in [7, 11) is 0. The Hall–Kier alpha value is -3.53. The van der Waals surface area contributed by atoms with Crippen LogP contribution in [0, 0.1) is 29.2 Å². The quantitative estimate of drug-likeness (QED) is 0.299. The molecule has 1 amide bonds. The third kappa shape index (κ3) is 7.11. The van der Waals surface area contributed by atoms with Gasteiger partial charge in [0.05, 0.1) is 5.56 Å². The van der Waals surface area contributed by atoms with Crippen LogP contribution >= 0.6 is 11.6 Å². The predicted octanol–water partition coefficient (Wildman–Crippen LogP) is 6.98. The zero-order valence-electron chi connectivity index (χ0n) is 21.5. The first kappa shape index (κ1) is 28.5. The minimum Gasteiger partial charge on any atom is -0.486 e. The highest BCUT2D eigenvalue weighted by molar-refractivity contribution is 6.32. The van der Waals surface area contributed by atoms with E-state index in [-0.39, 0.29) is 29.0 Å². The van der Waals surface area contributed by atoms with Crippen LogP contribution in [0.15, 0.2) is 41.3 Å². The lowest BCUT2D eigenvalue weighted by molar-refractivity contribution is 0.0223. The Morgan fingerprint density at radius 3 is 2.33 bits per heavy atom. The van der Waals surface area contributed by atoms with Crippen molar-refractivity contribution in [2.45, 2.75) is 52.4 Å². The van der Waals surface area contributed by atoms with Crippen LogP contribution in [0.1, 0.15) is 44.7 Å². The van der Waals surface area contributed by atoms with Crippen molar-refractivity contribution in [1.82, 2.24) is 9.88 Å². The summed E-state index contributed by atoms with van der Waals surface area (Å²) in [4.78, 5) is 28.6. The summed E-state index contributed by atoms with van der Waals surface area (Å²) >= 11 is 6.10. The number of hydrogen-bond acceptors (Lipinski definition) is 4. The second kappa shape index (κ2) is 11.3. The minimum absolute atomic E-state index is 0.0621. The van der Waals surface area contributed by atoms with E-state index in [1.54, 1.807) is 20.8 Å². The number of pyridine rings is 1. The van der Waals surface area contributed by atoms with Crippen LogP contribution in [-0.2, 0) is 17.9 Å². The lowest BCUT2D eigenvalue weighted by atomic mass is 10.0. The predicted molar refractivity (Wildman–Crippen MR) is 137 cm³/mol. The van der Waals surface area contributed by atoms with E-state index in [4.69, 9.17) is 21.1 Å². The van der Waals surface area contributed by atoms with E-state index in [0.29, 0.717) is 18.5 Å². The number of aromatic amines is 1. The molecular formula is C28H27ClF4N2O4. The van der Waals surface area contributed by atoms with Crippen LogP contribution in [0.25, 0.3) is 11.1 Å². The maximum absolute atomic E-state index is 15.4. The molecule has 1 N–H and O–H groups in total. The number of halogens is 5. The Balaban J connectivity index is 1.64. The van der Waals surface area contributed by atoms with E-state index in [1.165, 1.54) is 4.90 Å². The number of aromatic nitrogens is 1. The number of hydrogen-bond donors (Lipinski definition) is 1. The number of H-pyrrole nitrogens is 1. The molecule has 0 atom stereocenters. The van der Waals surface area contributed by atoms with Crippen molar-refractivity contribution < 1.29 is 31.8 Å². The number of ether oxygens (including phenoxy) is 2. The van der Waals surface area contributed by atoms with E-state index in [2.05, 4.69) is 4.98 Å². The molecule has 6 nitrogen and oxygen atoms in total. The molecule has 0 spiro atoms. The molecule has 4 rings (SSSR count). The smallest absolute Gasteiger partial charge is 0.410 e. The van der Waals surface area contributed by atoms with Crippen molar-refractivity contribution in [3.8, 4) is 16.9 Å². The molecule has 2 aromatic carbocycles. The fourth-order valence-corrected chi connectivity index (χ4v) is 4.15. The SMILES string of the molecule is CC(C)(C)OC(=O)N(Cc1cc(F)c(-c2c[nH]c(=O)c(Cl)c2OCc2ccc(F)cc2F)c(F)c1)CC1CC1. The molecule has 0 bridgehead atoms. The number of nitrogens with zero attached hydrogens (tertiary/aromatic N) is 1. The third-order valence-electron chi connectivity index (χ3n) is 5.95. The van der Waals surface area contributed by atoms with Gasteiger partial charge in [0, 0.05) is 36.5 Å². The number of benzene rings is 2. The number of amides is 1. The van der Waals surface area contributed by atoms with Crippen molar-refractivity contribution >= 4 is 17.7 Å². The fourth-order valence-electron chi connectivity index (χ4n) is 3.94. The molecule has 0 saturated heterocycles. The fraction of sp³-hybridized carbons (Fsp3) is 0.357. The summed E-state index contributed by atoms with van der Waals surface area (Å²) < 4.78 is 69.1. The van der Waals surface area contributed by atoms with Crippen LogP contribution in [-0.4, -0.2) is 28.1 Å². The van der Waals surface area contributed by atoms with E-state index in [1.807, 2.05) is 0 Å². The van der Waals surface area contributed by atoms with Gasteiger partial charge in [0.15, 0.2) is 5.75 Å². The molecule has 1 heterocycles. The van der Waals surface area contributed by atoms with E-state index < -0.39 is 57.7 Å². The summed E-state index contributed by atoms with van der Waals surface area (Å²) in [5.74, 6) is -3.76. The van der Waals surface area contributed by atoms with Gasteiger partial charge in [0.25, 0.3) is 5.56 Å². The lowest BCUT2D eigenvalue weighted by Crippen LogP contribution is -2.37. The van der Waals surface area contributed by atoms with Crippen LogP contribution < -0.4 is 10.3 Å². The van der Waals surface area contributed by atoms with Crippen molar-refractivity contribution in [2.75, 3.05) is 6.54 Å². The van der Waals surface area contributed by atoms with Gasteiger partial charge in [-0.15, -0.1) is 0 Å². The standard InChI is InChI=1S/C28H27ClF4N2O4/c1-28(2,3)39-27(37)35(12-15-4-5-15)13-16-8-21(32)23(22(33)9-16)19-11-34-26(36)24(29)25(19)38-14-17-6-7-18(30)10-20(17)31/h6-11,15H,4-5,12-14H2,1-3H3,(H,34,36). The molecule has 0 radical (unpaired) electrons. The second-order valence-corrected chi connectivity index (χ2v) is 10.8. The molecule has 0 aliphatic heterocycles. The van der Waals surface area contributed by atoms with Crippen LogP contribution in [0.2, 0.25) is 5.02 Å². The van der Waals surface area contributed by atoms with Gasteiger partial charge in [0.1, 0.15) is 40.5 Å². The number of carbonyl (C=O) groups is 1. The van der Waals surface area contributed by atoms with Crippen LogP contribution in [0.5, 0.6) is 5.75 Å². The molecule has 39 heavy (non-hydrogen) atoms. The number of rotatable bonds is 8. The van der Waals surface area contributed by atoms with Gasteiger partial charge in [-0.25, -0.2) is 22.4 Å². The molecule has 1 aromatic heterocycles. The molecule has 1 saturated carbocycles. The lowest BCUT2D eigenvalue weighted by Gasteiger charge is -2.27. The van der Waals surface area contributed by atoms with Crippen molar-refractivity contribution in [2.24, 2.45) is 5.92 Å². The average Bonchev–Trinajstić information content (AvgIpc) is 3.64. The van der Waals surface area contributed by atoms with Gasteiger partial charge >= 0.3 is 6.09 Å². The molecule has 11 heteroatoms. The van der Waals surface area contributed by atoms with Gasteiger partial charge in [-0.05, 0) is 69.4 Å². The van der Waals surface area contributed by atoms with Crippen LogP contribution in [0.4, 0.5) is 22.4 Å². The largest absolute Gasteiger partial charge is 0.486 e. The van der Waals surface area contributed by atoms with E-state index >= 15 is 8.78 Å². The highest BCUT2D eigenvalue weighted by Crippen LogP contribution is 2.38. The zero-order chi connectivity index (χ0) is 28.5. The molecule has 1 fully saturated rings. The molecule has 1 aliphatic rings. The summed E-state index contributed by atoms with van der Waals surface area (Å²) in [5.41, 5.74) is -2.17. The first-order valence-electron chi connectivity index (χ1n) is 12.3.